The molecule has 0 bridgehead atoms. The number of allylic oxidation sites excluding steroid dienone is 1. The number of hydrogen-bond donors (Lipinski definition) is 1. The maximum absolute atomic E-state index is 10.5. The van der Waals surface area contributed by atoms with Crippen molar-refractivity contribution in [1.82, 2.24) is 0 Å². The number of thiophene rings is 1. The van der Waals surface area contributed by atoms with E-state index in [9.17, 15) is 4.79 Å². The number of rotatable bonds is 3. The molecule has 4 heteroatoms. The van der Waals surface area contributed by atoms with Gasteiger partial charge in [0.05, 0.1) is 6.42 Å². The predicted octanol–water partition coefficient (Wildman–Crippen LogP) is 2.45. The Morgan fingerprint density at radius 1 is 1.60 bits per heavy atom. The monoisotopic (exact) mass is 221 g/mol. The molecule has 0 spiro atoms. The molecule has 1 aromatic rings. The third kappa shape index (κ3) is 2.53. The minimum absolute atomic E-state index is 0.115. The highest BCUT2D eigenvalue weighted by atomic mass is 32.1. The molecule has 0 amide bonds. The molecule has 78 valence electrons. The first-order chi connectivity index (χ1) is 7.25. The summed E-state index contributed by atoms with van der Waals surface area (Å²) in [5.41, 5.74) is 0. The number of nitrogens with zero attached hydrogens (tertiary/aromatic N) is 1. The van der Waals surface area contributed by atoms with E-state index in [-0.39, 0.29) is 6.42 Å². The van der Waals surface area contributed by atoms with E-state index in [1.807, 2.05) is 24.4 Å². The van der Waals surface area contributed by atoms with Gasteiger partial charge in [0.2, 0.25) is 0 Å². The van der Waals surface area contributed by atoms with E-state index >= 15 is 0 Å². The molecule has 0 saturated heterocycles. The largest absolute Gasteiger partial charge is 0.481 e. The van der Waals surface area contributed by atoms with Gasteiger partial charge in [-0.1, -0.05) is 6.08 Å². The van der Waals surface area contributed by atoms with Crippen LogP contribution in [-0.4, -0.2) is 17.3 Å². The summed E-state index contributed by atoms with van der Waals surface area (Å²) in [6.07, 6.45) is 6.81. The van der Waals surface area contributed by atoms with E-state index in [1.54, 1.807) is 17.5 Å². The second-order valence-electron chi connectivity index (χ2n) is 3.40. The van der Waals surface area contributed by atoms with E-state index in [2.05, 4.69) is 4.99 Å². The van der Waals surface area contributed by atoms with Gasteiger partial charge in [-0.3, -0.25) is 9.79 Å². The summed E-state index contributed by atoms with van der Waals surface area (Å²) < 4.78 is 0. The van der Waals surface area contributed by atoms with Crippen molar-refractivity contribution in [3.05, 3.63) is 34.2 Å². The number of carbonyl (C=O) groups is 1. The number of carboxylic acids is 1. The molecule has 0 saturated carbocycles. The highest BCUT2D eigenvalue weighted by Gasteiger charge is 2.13. The van der Waals surface area contributed by atoms with Crippen molar-refractivity contribution in [3.8, 4) is 0 Å². The van der Waals surface area contributed by atoms with Crippen LogP contribution in [-0.2, 0) is 11.2 Å². The van der Waals surface area contributed by atoms with E-state index in [1.165, 1.54) is 4.88 Å². The lowest BCUT2D eigenvalue weighted by molar-refractivity contribution is -0.136. The maximum Gasteiger partial charge on any atom is 0.308 e. The lowest BCUT2D eigenvalue weighted by Crippen LogP contribution is -1.99. The summed E-state index contributed by atoms with van der Waals surface area (Å²) in [6.45, 7) is 0. The summed E-state index contributed by atoms with van der Waals surface area (Å²) in [6, 6.07) is 3.89. The van der Waals surface area contributed by atoms with Gasteiger partial charge in [-0.2, -0.15) is 0 Å². The second-order valence-corrected chi connectivity index (χ2v) is 4.60. The van der Waals surface area contributed by atoms with Crippen molar-refractivity contribution in [2.45, 2.75) is 18.8 Å². The van der Waals surface area contributed by atoms with Crippen molar-refractivity contribution in [2.75, 3.05) is 0 Å². The average Bonchev–Trinajstić information content (AvgIpc) is 2.67. The smallest absolute Gasteiger partial charge is 0.308 e. The van der Waals surface area contributed by atoms with Crippen molar-refractivity contribution >= 4 is 23.5 Å². The number of aliphatic imine (C=N–C) groups is 1. The number of hydrogen-bond acceptors (Lipinski definition) is 3. The van der Waals surface area contributed by atoms with Gasteiger partial charge >= 0.3 is 5.97 Å². The normalized spacial score (nSPS) is 19.3. The summed E-state index contributed by atoms with van der Waals surface area (Å²) in [7, 11) is 0. The van der Waals surface area contributed by atoms with Gasteiger partial charge in [0.1, 0.15) is 0 Å². The predicted molar refractivity (Wildman–Crippen MR) is 60.6 cm³/mol. The Bertz CT molecular complexity index is 420. The zero-order valence-electron chi connectivity index (χ0n) is 8.09. The third-order valence-electron chi connectivity index (χ3n) is 2.22. The topological polar surface area (TPSA) is 49.7 Å². The molecule has 1 unspecified atom stereocenters. The van der Waals surface area contributed by atoms with Crippen LogP contribution < -0.4 is 0 Å². The molecule has 1 aliphatic heterocycles. The van der Waals surface area contributed by atoms with E-state index in [0.29, 0.717) is 5.92 Å². The van der Waals surface area contributed by atoms with Gasteiger partial charge in [0, 0.05) is 28.1 Å². The Kier molecular flexibility index (Phi) is 2.97. The van der Waals surface area contributed by atoms with Crippen LogP contribution in [0.25, 0.3) is 0 Å². The van der Waals surface area contributed by atoms with Crippen LogP contribution in [0.2, 0.25) is 0 Å². The van der Waals surface area contributed by atoms with Gasteiger partial charge in [-0.15, -0.1) is 11.3 Å². The van der Waals surface area contributed by atoms with Gasteiger partial charge in [-0.05, 0) is 18.6 Å². The molecule has 1 aliphatic rings. The number of aliphatic carboxylic acids is 1. The van der Waals surface area contributed by atoms with Crippen molar-refractivity contribution in [3.63, 3.8) is 0 Å². The zero-order chi connectivity index (χ0) is 10.7. The Balaban J connectivity index is 2.09. The van der Waals surface area contributed by atoms with E-state index in [0.717, 1.165) is 11.3 Å². The molecule has 2 heterocycles. The van der Waals surface area contributed by atoms with Gasteiger partial charge in [0.15, 0.2) is 0 Å². The van der Waals surface area contributed by atoms with Crippen LogP contribution in [0, 0.1) is 0 Å². The van der Waals surface area contributed by atoms with Crippen molar-refractivity contribution < 1.29 is 9.90 Å². The van der Waals surface area contributed by atoms with Crippen LogP contribution in [0.3, 0.4) is 0 Å². The maximum atomic E-state index is 10.5. The summed E-state index contributed by atoms with van der Waals surface area (Å²) in [4.78, 5) is 16.7. The summed E-state index contributed by atoms with van der Waals surface area (Å²) in [5.74, 6) is -0.455. The molecule has 3 nitrogen and oxygen atoms in total. The van der Waals surface area contributed by atoms with Gasteiger partial charge < -0.3 is 5.11 Å². The van der Waals surface area contributed by atoms with Crippen molar-refractivity contribution in [2.24, 2.45) is 4.99 Å². The first-order valence-corrected chi connectivity index (χ1v) is 5.56. The molecule has 2 rings (SSSR count). The molecule has 0 aromatic carbocycles. The quantitative estimate of drug-likeness (QED) is 0.852. The first kappa shape index (κ1) is 10.1. The zero-order valence-corrected chi connectivity index (χ0v) is 8.91. The molecule has 1 aromatic heterocycles. The highest BCUT2D eigenvalue weighted by molar-refractivity contribution is 7.12. The van der Waals surface area contributed by atoms with Crippen LogP contribution >= 0.6 is 11.3 Å². The standard InChI is InChI=1S/C11H11NO2S/c13-11(14)6-9-3-4-10(15-9)8-2-1-5-12-7-8/h1,3-5,7-8H,2,6H2,(H,13,14). The first-order valence-electron chi connectivity index (χ1n) is 4.74. The molecule has 0 aliphatic carbocycles. The fourth-order valence-electron chi connectivity index (χ4n) is 1.51. The molecule has 1 atom stereocenters. The molecular formula is C11H11NO2S. The minimum atomic E-state index is -0.777. The summed E-state index contributed by atoms with van der Waals surface area (Å²) >= 11 is 1.56. The fraction of sp³-hybridized carbons (Fsp3) is 0.273. The Labute approximate surface area is 91.8 Å². The van der Waals surface area contributed by atoms with Crippen LogP contribution in [0.1, 0.15) is 22.1 Å². The van der Waals surface area contributed by atoms with Crippen LogP contribution in [0.5, 0.6) is 0 Å². The van der Waals surface area contributed by atoms with Crippen LogP contribution in [0.4, 0.5) is 0 Å². The Morgan fingerprint density at radius 2 is 2.47 bits per heavy atom. The lowest BCUT2D eigenvalue weighted by Gasteiger charge is -2.08. The van der Waals surface area contributed by atoms with Crippen LogP contribution in [0.15, 0.2) is 29.4 Å². The lowest BCUT2D eigenvalue weighted by atomic mass is 10.0. The minimum Gasteiger partial charge on any atom is -0.481 e. The van der Waals surface area contributed by atoms with Gasteiger partial charge in [-0.25, -0.2) is 0 Å². The average molecular weight is 221 g/mol. The third-order valence-corrected chi connectivity index (χ3v) is 3.44. The van der Waals surface area contributed by atoms with E-state index in [4.69, 9.17) is 5.11 Å². The molecule has 1 N–H and O–H groups in total. The second kappa shape index (κ2) is 4.40. The summed E-state index contributed by atoms with van der Waals surface area (Å²) in [5, 5.41) is 8.66. The van der Waals surface area contributed by atoms with Gasteiger partial charge in [0.25, 0.3) is 0 Å². The Morgan fingerprint density at radius 3 is 3.13 bits per heavy atom. The number of carboxylic acid groups (broad SMARTS) is 1. The van der Waals surface area contributed by atoms with Crippen molar-refractivity contribution in [1.29, 1.82) is 0 Å². The molecule has 0 fully saturated rings. The van der Waals surface area contributed by atoms with E-state index < -0.39 is 5.97 Å². The fourth-order valence-corrected chi connectivity index (χ4v) is 2.59. The highest BCUT2D eigenvalue weighted by Crippen LogP contribution is 2.28. The Hall–Kier alpha value is -1.42. The molecule has 15 heavy (non-hydrogen) atoms. The molecular weight excluding hydrogens is 210 g/mol. The SMILES string of the molecule is O=C(O)Cc1ccc(C2C=NC=CC2)s1. The molecule has 0 radical (unpaired) electrons.